The Hall–Kier alpha value is -1.26. The molecule has 0 aliphatic carbocycles. The molecular weight excluding hydrogens is 106 g/mol. The van der Waals surface area contributed by atoms with Gasteiger partial charge in [0.1, 0.15) is 0 Å². The van der Waals surface area contributed by atoms with Crippen LogP contribution in [0.2, 0.25) is 0 Å². The van der Waals surface area contributed by atoms with Gasteiger partial charge < -0.3 is 5.73 Å². The van der Waals surface area contributed by atoms with Crippen LogP contribution in [-0.2, 0) is 7.05 Å². The first kappa shape index (κ1) is 4.89. The Balaban J connectivity index is 3.35. The van der Waals surface area contributed by atoms with E-state index in [9.17, 15) is 0 Å². The molecule has 0 bridgehead atoms. The van der Waals surface area contributed by atoms with Crippen LogP contribution >= 0.6 is 0 Å². The Kier molecular flexibility index (Phi) is 0.831. The highest BCUT2D eigenvalue weighted by Gasteiger charge is 1.89. The smallest absolute Gasteiger partial charge is 0.237 e. The minimum atomic E-state index is 0.0880. The molecule has 0 spiro atoms. The lowest BCUT2D eigenvalue weighted by atomic mass is 11.0. The lowest BCUT2D eigenvalue weighted by molar-refractivity contribution is 0.754. The average molecular weight is 113 g/mol. The second-order valence-corrected chi connectivity index (χ2v) is 1.49. The van der Waals surface area contributed by atoms with Crippen molar-refractivity contribution in [2.75, 3.05) is 5.73 Å². The Labute approximate surface area is 45.6 Å². The summed E-state index contributed by atoms with van der Waals surface area (Å²) in [5, 5.41) is 9.44. The third-order valence-electron chi connectivity index (χ3n) is 0.844. The van der Waals surface area contributed by atoms with Crippen LogP contribution in [0.25, 0.3) is 0 Å². The summed E-state index contributed by atoms with van der Waals surface area (Å²) in [5.41, 5.74) is 5.33. The van der Waals surface area contributed by atoms with E-state index in [4.69, 9.17) is 11.1 Å². The number of hydrogen-bond acceptors (Lipinski definition) is 3. The molecule has 1 aromatic heterocycles. The molecule has 0 fully saturated rings. The van der Waals surface area contributed by atoms with Crippen molar-refractivity contribution in [2.24, 2.45) is 7.05 Å². The Morgan fingerprint density at radius 3 is 2.62 bits per heavy atom. The van der Waals surface area contributed by atoms with Gasteiger partial charge in [0.2, 0.25) is 11.6 Å². The zero-order valence-corrected chi connectivity index (χ0v) is 4.47. The highest BCUT2D eigenvalue weighted by Crippen LogP contribution is 1.81. The minimum Gasteiger partial charge on any atom is -0.368 e. The van der Waals surface area contributed by atoms with Crippen LogP contribution in [0.3, 0.4) is 0 Å². The highest BCUT2D eigenvalue weighted by molar-refractivity contribution is 5.10. The predicted octanol–water partition coefficient (Wildman–Crippen LogP) is -1.19. The maximum Gasteiger partial charge on any atom is 0.237 e. The number of nitrogens with two attached hydrogens (primary N) is 1. The average Bonchev–Trinajstić information content (AvgIpc) is 1.85. The van der Waals surface area contributed by atoms with Gasteiger partial charge in [-0.15, -0.1) is 0 Å². The number of rotatable bonds is 0. The third kappa shape index (κ3) is 0.575. The normalized spacial score (nSPS) is 9.62. The monoisotopic (exact) mass is 113 g/mol. The molecule has 5 nitrogen and oxygen atoms in total. The highest BCUT2D eigenvalue weighted by atomic mass is 15.4. The van der Waals surface area contributed by atoms with Crippen molar-refractivity contribution in [1.29, 1.82) is 5.41 Å². The number of aryl methyl sites for hydroxylation is 1. The van der Waals surface area contributed by atoms with E-state index >= 15 is 0 Å². The van der Waals surface area contributed by atoms with Gasteiger partial charge in [-0.2, -0.15) is 4.98 Å². The van der Waals surface area contributed by atoms with Gasteiger partial charge in [0.05, 0.1) is 0 Å². The van der Waals surface area contributed by atoms with E-state index in [0.29, 0.717) is 5.95 Å². The fourth-order valence-electron chi connectivity index (χ4n) is 0.431. The second kappa shape index (κ2) is 1.36. The van der Waals surface area contributed by atoms with Crippen LogP contribution in [0.1, 0.15) is 0 Å². The minimum absolute atomic E-state index is 0.0880. The van der Waals surface area contributed by atoms with Gasteiger partial charge in [0, 0.05) is 7.05 Å². The number of hydrogen-bond donors (Lipinski definition) is 3. The van der Waals surface area contributed by atoms with E-state index in [1.807, 2.05) is 0 Å². The zero-order chi connectivity index (χ0) is 6.15. The number of nitrogens with one attached hydrogen (secondary N) is 2. The van der Waals surface area contributed by atoms with Gasteiger partial charge in [-0.1, -0.05) is 0 Å². The summed E-state index contributed by atoms with van der Waals surface area (Å²) < 4.78 is 1.47. The number of aromatic amines is 1. The van der Waals surface area contributed by atoms with Crippen molar-refractivity contribution < 1.29 is 0 Å². The van der Waals surface area contributed by atoms with Crippen molar-refractivity contribution in [1.82, 2.24) is 14.8 Å². The number of nitrogen functional groups attached to an aromatic ring is 1. The van der Waals surface area contributed by atoms with Crippen molar-refractivity contribution in [3.05, 3.63) is 5.62 Å². The van der Waals surface area contributed by atoms with E-state index in [0.717, 1.165) is 0 Å². The van der Waals surface area contributed by atoms with E-state index in [1.54, 1.807) is 7.05 Å². The molecule has 1 aromatic rings. The van der Waals surface area contributed by atoms with E-state index in [2.05, 4.69) is 10.1 Å². The van der Waals surface area contributed by atoms with Gasteiger partial charge >= 0.3 is 0 Å². The van der Waals surface area contributed by atoms with Crippen LogP contribution in [0, 0.1) is 5.41 Å². The molecule has 1 heterocycles. The molecule has 0 aliphatic heterocycles. The molecule has 0 amide bonds. The molecule has 44 valence electrons. The first-order valence-corrected chi connectivity index (χ1v) is 2.13. The van der Waals surface area contributed by atoms with E-state index in [1.165, 1.54) is 4.68 Å². The number of aromatic nitrogens is 3. The molecule has 0 aromatic carbocycles. The Bertz CT molecular complexity index is 208. The molecule has 0 radical (unpaired) electrons. The molecular formula is C3H7N5. The summed E-state index contributed by atoms with van der Waals surface area (Å²) in [4.78, 5) is 3.56. The largest absolute Gasteiger partial charge is 0.368 e. The van der Waals surface area contributed by atoms with Crippen molar-refractivity contribution >= 4 is 5.95 Å². The molecule has 0 saturated carbocycles. The topological polar surface area (TPSA) is 83.5 Å². The Morgan fingerprint density at radius 1 is 1.88 bits per heavy atom. The van der Waals surface area contributed by atoms with Crippen LogP contribution in [-0.4, -0.2) is 14.8 Å². The molecule has 0 atom stereocenters. The van der Waals surface area contributed by atoms with Gasteiger partial charge in [-0.05, 0) is 0 Å². The summed E-state index contributed by atoms with van der Waals surface area (Å²) in [7, 11) is 1.69. The molecule has 0 saturated heterocycles. The molecule has 1 rings (SSSR count). The summed E-state index contributed by atoms with van der Waals surface area (Å²) in [5.74, 6) is 0.329. The quantitative estimate of drug-likeness (QED) is 0.395. The van der Waals surface area contributed by atoms with Crippen LogP contribution < -0.4 is 11.4 Å². The molecule has 5 heteroatoms. The third-order valence-corrected chi connectivity index (χ3v) is 0.844. The maximum absolute atomic E-state index is 6.89. The second-order valence-electron chi connectivity index (χ2n) is 1.49. The van der Waals surface area contributed by atoms with Crippen LogP contribution in [0.5, 0.6) is 0 Å². The lowest BCUT2D eigenvalue weighted by Gasteiger charge is -1.86. The number of nitrogens with zero attached hydrogens (tertiary/aromatic N) is 2. The van der Waals surface area contributed by atoms with Gasteiger partial charge in [0.15, 0.2) is 0 Å². The molecule has 4 N–H and O–H groups in total. The van der Waals surface area contributed by atoms with Crippen molar-refractivity contribution in [3.8, 4) is 0 Å². The number of anilines is 1. The van der Waals surface area contributed by atoms with E-state index in [-0.39, 0.29) is 5.62 Å². The summed E-state index contributed by atoms with van der Waals surface area (Å²) in [6.07, 6.45) is 0. The van der Waals surface area contributed by atoms with Gasteiger partial charge in [0.25, 0.3) is 0 Å². The van der Waals surface area contributed by atoms with Gasteiger partial charge in [-0.25, -0.2) is 0 Å². The molecule has 0 unspecified atom stereocenters. The fourth-order valence-corrected chi connectivity index (χ4v) is 0.431. The first-order chi connectivity index (χ1) is 3.70. The number of H-pyrrole nitrogens is 1. The molecule has 8 heavy (non-hydrogen) atoms. The first-order valence-electron chi connectivity index (χ1n) is 2.13. The maximum atomic E-state index is 6.89. The van der Waals surface area contributed by atoms with Crippen molar-refractivity contribution in [3.63, 3.8) is 0 Å². The molecule has 0 aliphatic rings. The van der Waals surface area contributed by atoms with Crippen molar-refractivity contribution in [2.45, 2.75) is 0 Å². The summed E-state index contributed by atoms with van der Waals surface area (Å²) in [6.45, 7) is 0. The predicted molar refractivity (Wildman–Crippen MR) is 27.8 cm³/mol. The van der Waals surface area contributed by atoms with E-state index < -0.39 is 0 Å². The zero-order valence-electron chi connectivity index (χ0n) is 4.47. The summed E-state index contributed by atoms with van der Waals surface area (Å²) >= 11 is 0. The fraction of sp³-hybridized carbons (Fsp3) is 0.333. The standard InChI is InChI=1S/C3H7N5/c1-8-3(5)6-2(4)7-8/h1H3,(H4,4,5,6,7). The van der Waals surface area contributed by atoms with Crippen LogP contribution in [0.15, 0.2) is 0 Å². The summed E-state index contributed by atoms with van der Waals surface area (Å²) in [6, 6.07) is 0. The lowest BCUT2D eigenvalue weighted by Crippen LogP contribution is -2.03. The van der Waals surface area contributed by atoms with Crippen LogP contribution in [0.4, 0.5) is 5.95 Å². The SMILES string of the molecule is Cn1[nH]c(=N)nc1N. The van der Waals surface area contributed by atoms with Gasteiger partial charge in [-0.3, -0.25) is 15.2 Å². The Morgan fingerprint density at radius 2 is 2.50 bits per heavy atom.